The molecule has 0 aliphatic carbocycles. The first-order valence-corrected chi connectivity index (χ1v) is 6.83. The topological polar surface area (TPSA) is 33.1 Å². The fraction of sp³-hybridized carbons (Fsp3) is 0.357. The highest BCUT2D eigenvalue weighted by Gasteiger charge is 2.17. The second-order valence-electron chi connectivity index (χ2n) is 4.76. The first kappa shape index (κ1) is 12.5. The third-order valence-corrected chi connectivity index (χ3v) is 3.87. The van der Waals surface area contributed by atoms with E-state index in [-0.39, 0.29) is 0 Å². The van der Waals surface area contributed by atoms with Gasteiger partial charge in [0.05, 0.1) is 6.54 Å². The summed E-state index contributed by atoms with van der Waals surface area (Å²) in [7, 11) is 1.93. The van der Waals surface area contributed by atoms with Crippen molar-refractivity contribution in [2.45, 2.75) is 19.6 Å². The number of halogens is 1. The molecular weight excluding hydrogens is 260 g/mol. The van der Waals surface area contributed by atoms with Gasteiger partial charge in [-0.1, -0.05) is 17.7 Å². The highest BCUT2D eigenvalue weighted by molar-refractivity contribution is 6.31. The van der Waals surface area contributed by atoms with Gasteiger partial charge in [-0.3, -0.25) is 0 Å². The maximum Gasteiger partial charge on any atom is 0.128 e. The van der Waals surface area contributed by atoms with Crippen LogP contribution in [0.15, 0.2) is 30.6 Å². The van der Waals surface area contributed by atoms with Gasteiger partial charge in [-0.15, -0.1) is 0 Å². The molecule has 0 amide bonds. The third-order valence-electron chi connectivity index (χ3n) is 3.51. The zero-order chi connectivity index (χ0) is 13.2. The van der Waals surface area contributed by atoms with Crippen LogP contribution in [0, 0.1) is 0 Å². The average Bonchev–Trinajstić information content (AvgIpc) is 2.88. The fourth-order valence-corrected chi connectivity index (χ4v) is 2.70. The van der Waals surface area contributed by atoms with E-state index in [2.05, 4.69) is 31.9 Å². The van der Waals surface area contributed by atoms with Gasteiger partial charge in [-0.05, 0) is 24.7 Å². The van der Waals surface area contributed by atoms with Crippen LogP contribution >= 0.6 is 11.6 Å². The second kappa shape index (κ2) is 5.23. The number of nitrogens with zero attached hydrogens (tertiary/aromatic N) is 3. The van der Waals surface area contributed by atoms with Gasteiger partial charge in [0.2, 0.25) is 0 Å². The van der Waals surface area contributed by atoms with E-state index >= 15 is 0 Å². The molecule has 0 radical (unpaired) electrons. The molecule has 1 N–H and O–H groups in total. The number of nitrogens with one attached hydrogen (secondary N) is 1. The Hall–Kier alpha value is -1.52. The molecule has 0 bridgehead atoms. The Morgan fingerprint density at radius 3 is 3.05 bits per heavy atom. The first-order valence-electron chi connectivity index (χ1n) is 6.46. The molecule has 2 heterocycles. The van der Waals surface area contributed by atoms with E-state index in [9.17, 15) is 0 Å². The highest BCUT2D eigenvalue weighted by Crippen LogP contribution is 2.26. The maximum absolute atomic E-state index is 6.32. The van der Waals surface area contributed by atoms with Crippen LogP contribution in [0.4, 0.5) is 5.69 Å². The summed E-state index contributed by atoms with van der Waals surface area (Å²) in [6.45, 7) is 3.61. The number of rotatable bonds is 3. The first-order chi connectivity index (χ1) is 9.28. The molecule has 0 unspecified atom stereocenters. The maximum atomic E-state index is 6.32. The van der Waals surface area contributed by atoms with Crippen molar-refractivity contribution in [3.8, 4) is 0 Å². The summed E-state index contributed by atoms with van der Waals surface area (Å²) in [4.78, 5) is 6.70. The van der Waals surface area contributed by atoms with Crippen molar-refractivity contribution in [1.29, 1.82) is 0 Å². The van der Waals surface area contributed by atoms with Gasteiger partial charge >= 0.3 is 0 Å². The summed E-state index contributed by atoms with van der Waals surface area (Å²) < 4.78 is 2.20. The van der Waals surface area contributed by atoms with Crippen molar-refractivity contribution >= 4 is 17.3 Å². The molecule has 1 aliphatic rings. The molecule has 1 aromatic carbocycles. The van der Waals surface area contributed by atoms with Crippen molar-refractivity contribution in [2.24, 2.45) is 0 Å². The molecule has 100 valence electrons. The molecule has 5 heteroatoms. The molecule has 0 fully saturated rings. The number of anilines is 1. The van der Waals surface area contributed by atoms with Gasteiger partial charge in [-0.25, -0.2) is 4.98 Å². The van der Waals surface area contributed by atoms with E-state index in [1.165, 1.54) is 5.69 Å². The van der Waals surface area contributed by atoms with E-state index in [0.29, 0.717) is 0 Å². The van der Waals surface area contributed by atoms with Gasteiger partial charge in [0, 0.05) is 42.7 Å². The summed E-state index contributed by atoms with van der Waals surface area (Å²) in [5.41, 5.74) is 2.30. The van der Waals surface area contributed by atoms with Crippen LogP contribution in [0.25, 0.3) is 0 Å². The molecule has 0 saturated carbocycles. The lowest BCUT2D eigenvalue weighted by molar-refractivity contribution is 0.560. The minimum atomic E-state index is 0.795. The summed E-state index contributed by atoms with van der Waals surface area (Å²) in [5.74, 6) is 1.11. The summed E-state index contributed by atoms with van der Waals surface area (Å²) in [6.07, 6.45) is 3.90. The number of imidazole rings is 1. The molecule has 1 aliphatic heterocycles. The lowest BCUT2D eigenvalue weighted by atomic mass is 10.2. The molecule has 2 aromatic rings. The zero-order valence-corrected chi connectivity index (χ0v) is 11.7. The van der Waals surface area contributed by atoms with Crippen LogP contribution < -0.4 is 10.2 Å². The predicted molar refractivity (Wildman–Crippen MR) is 77.5 cm³/mol. The minimum absolute atomic E-state index is 0.795. The van der Waals surface area contributed by atoms with Crippen LogP contribution in [-0.2, 0) is 19.6 Å². The second-order valence-corrected chi connectivity index (χ2v) is 5.17. The molecule has 1 aromatic heterocycles. The number of benzene rings is 1. The Morgan fingerprint density at radius 2 is 2.26 bits per heavy atom. The van der Waals surface area contributed by atoms with Gasteiger partial charge in [0.15, 0.2) is 0 Å². The average molecular weight is 277 g/mol. The van der Waals surface area contributed by atoms with E-state index in [1.807, 2.05) is 25.5 Å². The van der Waals surface area contributed by atoms with Gasteiger partial charge in [0.25, 0.3) is 0 Å². The van der Waals surface area contributed by atoms with E-state index in [0.717, 1.165) is 42.6 Å². The summed E-state index contributed by atoms with van der Waals surface area (Å²) in [6, 6.07) is 6.28. The number of fused-ring (bicyclic) bond motifs is 1. The molecule has 19 heavy (non-hydrogen) atoms. The Balaban J connectivity index is 1.82. The lowest BCUT2D eigenvalue weighted by Gasteiger charge is -2.30. The van der Waals surface area contributed by atoms with Crippen LogP contribution in [-0.4, -0.2) is 23.1 Å². The smallest absolute Gasteiger partial charge is 0.128 e. The summed E-state index contributed by atoms with van der Waals surface area (Å²) in [5, 5.41) is 3.94. The van der Waals surface area contributed by atoms with Crippen molar-refractivity contribution in [3.63, 3.8) is 0 Å². The lowest BCUT2D eigenvalue weighted by Crippen LogP contribution is -2.33. The van der Waals surface area contributed by atoms with Gasteiger partial charge in [0.1, 0.15) is 5.82 Å². The monoisotopic (exact) mass is 276 g/mol. The number of hydrogen-bond donors (Lipinski definition) is 1. The molecule has 0 spiro atoms. The molecular formula is C14H17ClN4. The van der Waals surface area contributed by atoms with Crippen molar-refractivity contribution in [3.05, 3.63) is 47.0 Å². The van der Waals surface area contributed by atoms with Crippen LogP contribution in [0.1, 0.15) is 11.4 Å². The highest BCUT2D eigenvalue weighted by atomic mass is 35.5. The van der Waals surface area contributed by atoms with Crippen LogP contribution in [0.2, 0.25) is 5.02 Å². The Morgan fingerprint density at radius 1 is 1.37 bits per heavy atom. The van der Waals surface area contributed by atoms with E-state index < -0.39 is 0 Å². The standard InChI is InChI=1S/C14H17ClN4/c1-16-9-11-2-3-12(8-13(11)15)19-7-6-18-5-4-17-14(18)10-19/h2-5,8,16H,6-7,9-10H2,1H3. The van der Waals surface area contributed by atoms with Crippen molar-refractivity contribution in [1.82, 2.24) is 14.9 Å². The van der Waals surface area contributed by atoms with Crippen molar-refractivity contribution in [2.75, 3.05) is 18.5 Å². The minimum Gasteiger partial charge on any atom is -0.362 e. The molecule has 3 rings (SSSR count). The van der Waals surface area contributed by atoms with Crippen molar-refractivity contribution < 1.29 is 0 Å². The predicted octanol–water partition coefficient (Wildman–Crippen LogP) is 2.28. The fourth-order valence-electron chi connectivity index (χ4n) is 2.46. The zero-order valence-electron chi connectivity index (χ0n) is 10.9. The quantitative estimate of drug-likeness (QED) is 0.934. The number of hydrogen-bond acceptors (Lipinski definition) is 3. The largest absolute Gasteiger partial charge is 0.362 e. The van der Waals surface area contributed by atoms with Crippen LogP contribution in [0.3, 0.4) is 0 Å². The van der Waals surface area contributed by atoms with E-state index in [4.69, 9.17) is 11.6 Å². The molecule has 4 nitrogen and oxygen atoms in total. The molecule has 0 saturated heterocycles. The third kappa shape index (κ3) is 2.46. The SMILES string of the molecule is CNCc1ccc(N2CCn3ccnc3C2)cc1Cl. The normalized spacial score (nSPS) is 14.5. The number of aromatic nitrogens is 2. The Labute approximate surface area is 118 Å². The molecule has 0 atom stereocenters. The van der Waals surface area contributed by atoms with Crippen LogP contribution in [0.5, 0.6) is 0 Å². The summed E-state index contributed by atoms with van der Waals surface area (Å²) >= 11 is 6.32. The Kier molecular flexibility index (Phi) is 3.44. The van der Waals surface area contributed by atoms with E-state index in [1.54, 1.807) is 0 Å². The van der Waals surface area contributed by atoms with Gasteiger partial charge in [-0.2, -0.15) is 0 Å². The Bertz CT molecular complexity index is 579. The van der Waals surface area contributed by atoms with Gasteiger partial charge < -0.3 is 14.8 Å².